The van der Waals surface area contributed by atoms with Crippen molar-refractivity contribution in [2.45, 2.75) is 97.2 Å². The van der Waals surface area contributed by atoms with E-state index in [1.807, 2.05) is 6.07 Å². The summed E-state index contributed by atoms with van der Waals surface area (Å²) in [6.45, 7) is 11.2. The molecule has 5 aromatic carbocycles. The van der Waals surface area contributed by atoms with Crippen LogP contribution >= 0.6 is 11.3 Å². The zero-order valence-electron chi connectivity index (χ0n) is 33.7. The molecule has 0 radical (unpaired) electrons. The lowest BCUT2D eigenvalue weighted by molar-refractivity contribution is 0.448. The molecule has 0 saturated heterocycles. The van der Waals surface area contributed by atoms with Gasteiger partial charge in [-0.05, 0) is 128 Å². The van der Waals surface area contributed by atoms with Crippen molar-refractivity contribution in [1.82, 2.24) is 0 Å². The molecule has 256 valence electrons. The Balaban J connectivity index is 1.34. The highest BCUT2D eigenvalue weighted by molar-refractivity contribution is 7.17. The molecular weight excluding hydrogens is 637 g/mol. The van der Waals surface area contributed by atoms with Crippen molar-refractivity contribution < 1.29 is 8.85 Å². The predicted octanol–water partition coefficient (Wildman–Crippen LogP) is 11.9. The van der Waals surface area contributed by atoms with Gasteiger partial charge in [0, 0.05) is 25.9 Å². The number of nitrogens with zero attached hydrogens (tertiary/aromatic N) is 1. The van der Waals surface area contributed by atoms with Gasteiger partial charge in [0.2, 0.25) is 0 Å². The second-order valence-electron chi connectivity index (χ2n) is 17.1. The molecule has 0 atom stereocenters. The van der Waals surface area contributed by atoms with Gasteiger partial charge in [0.15, 0.2) is 5.06 Å². The van der Waals surface area contributed by atoms with Crippen LogP contribution in [0.3, 0.4) is 0 Å². The first kappa shape index (κ1) is 29.3. The topological polar surface area (TPSA) is 12.5 Å². The maximum atomic E-state index is 8.64. The summed E-state index contributed by atoms with van der Waals surface area (Å²) in [7, 11) is 0. The van der Waals surface area contributed by atoms with Crippen LogP contribution in [0.25, 0.3) is 21.9 Å². The molecule has 3 aliphatic rings. The molecule has 0 unspecified atom stereocenters. The molecular formula is C47H48BNOS. The third-order valence-corrected chi connectivity index (χ3v) is 12.7. The van der Waals surface area contributed by atoms with E-state index in [4.69, 9.17) is 8.85 Å². The number of fused-ring (bicyclic) bond motifs is 5. The summed E-state index contributed by atoms with van der Waals surface area (Å²) >= 11 is 1.78. The maximum Gasteiger partial charge on any atom is 0.257 e. The Kier molecular flexibility index (Phi) is 6.83. The number of aryl methyl sites for hydroxylation is 1. The minimum atomic E-state index is -2.31. The average Bonchev–Trinajstić information content (AvgIpc) is 3.57. The van der Waals surface area contributed by atoms with E-state index in [0.29, 0.717) is 17.2 Å². The van der Waals surface area contributed by atoms with Crippen molar-refractivity contribution in [1.29, 1.82) is 0 Å². The van der Waals surface area contributed by atoms with Crippen LogP contribution < -0.4 is 26.0 Å². The lowest BCUT2D eigenvalue weighted by atomic mass is 9.34. The molecule has 1 aromatic heterocycles. The molecule has 1 saturated carbocycles. The van der Waals surface area contributed by atoms with E-state index in [-0.39, 0.29) is 17.5 Å². The van der Waals surface area contributed by atoms with Crippen LogP contribution in [0.15, 0.2) is 97.1 Å². The fourth-order valence-electron chi connectivity index (χ4n) is 8.66. The van der Waals surface area contributed by atoms with Crippen molar-refractivity contribution in [2.75, 3.05) is 4.90 Å². The summed E-state index contributed by atoms with van der Waals surface area (Å²) in [5.41, 5.74) is 11.4. The Morgan fingerprint density at radius 2 is 1.43 bits per heavy atom. The molecule has 6 aromatic rings. The molecule has 0 bridgehead atoms. The third kappa shape index (κ3) is 5.53. The molecule has 2 aliphatic heterocycles. The van der Waals surface area contributed by atoms with Crippen molar-refractivity contribution in [2.24, 2.45) is 0 Å². The van der Waals surface area contributed by atoms with E-state index in [9.17, 15) is 0 Å². The Labute approximate surface area is 312 Å². The highest BCUT2D eigenvalue weighted by atomic mass is 32.1. The normalized spacial score (nSPS) is 16.9. The van der Waals surface area contributed by atoms with E-state index in [1.165, 1.54) is 69.8 Å². The lowest BCUT2D eigenvalue weighted by Gasteiger charge is -2.41. The predicted molar refractivity (Wildman–Crippen MR) is 221 cm³/mol. The quantitative estimate of drug-likeness (QED) is 0.171. The van der Waals surface area contributed by atoms with E-state index in [0.717, 1.165) is 38.7 Å². The van der Waals surface area contributed by atoms with Gasteiger partial charge >= 0.3 is 0 Å². The molecule has 4 heteroatoms. The molecule has 3 heterocycles. The van der Waals surface area contributed by atoms with Crippen LogP contribution in [0.5, 0.6) is 10.8 Å². The molecule has 9 rings (SSSR count). The first-order valence-corrected chi connectivity index (χ1v) is 19.5. The zero-order chi connectivity index (χ0) is 37.7. The van der Waals surface area contributed by atoms with E-state index >= 15 is 0 Å². The van der Waals surface area contributed by atoms with Crippen LogP contribution in [0.2, 0.25) is 0 Å². The van der Waals surface area contributed by atoms with Crippen molar-refractivity contribution in [3.05, 3.63) is 119 Å². The van der Waals surface area contributed by atoms with Crippen LogP contribution in [0, 0.1) is 6.85 Å². The largest absolute Gasteiger partial charge is 0.448 e. The van der Waals surface area contributed by atoms with Gasteiger partial charge in [-0.3, -0.25) is 0 Å². The monoisotopic (exact) mass is 688 g/mol. The van der Waals surface area contributed by atoms with Crippen molar-refractivity contribution >= 4 is 62.3 Å². The number of hydrogen-bond acceptors (Lipinski definition) is 3. The number of hydrogen-bond donors (Lipinski definition) is 0. The summed E-state index contributed by atoms with van der Waals surface area (Å²) in [5, 5.41) is 3.30. The van der Waals surface area contributed by atoms with Gasteiger partial charge in [-0.2, -0.15) is 0 Å². The van der Waals surface area contributed by atoms with Gasteiger partial charge in [-0.1, -0.05) is 115 Å². The molecule has 0 amide bonds. The molecule has 0 N–H and O–H groups in total. The van der Waals surface area contributed by atoms with Gasteiger partial charge in [0.1, 0.15) is 5.75 Å². The van der Waals surface area contributed by atoms with Crippen LogP contribution in [0.1, 0.15) is 105 Å². The number of rotatable bonds is 3. The minimum absolute atomic E-state index is 0.0609. The summed E-state index contributed by atoms with van der Waals surface area (Å²) in [6, 6.07) is 35.2. The Morgan fingerprint density at radius 1 is 0.706 bits per heavy atom. The van der Waals surface area contributed by atoms with Crippen molar-refractivity contribution in [3.8, 4) is 21.9 Å². The van der Waals surface area contributed by atoms with E-state index in [1.54, 1.807) is 17.4 Å². The first-order chi connectivity index (χ1) is 25.6. The molecule has 1 aliphatic carbocycles. The summed E-state index contributed by atoms with van der Waals surface area (Å²) < 4.78 is 32.8. The first-order valence-electron chi connectivity index (χ1n) is 20.2. The molecule has 51 heavy (non-hydrogen) atoms. The molecule has 0 spiro atoms. The molecule has 2 nitrogen and oxygen atoms in total. The highest BCUT2D eigenvalue weighted by Gasteiger charge is 2.44. The number of thiophene rings is 1. The Hall–Kier alpha value is -4.28. The van der Waals surface area contributed by atoms with Gasteiger partial charge in [-0.15, -0.1) is 11.3 Å². The number of anilines is 3. The highest BCUT2D eigenvalue weighted by Crippen LogP contribution is 2.48. The summed E-state index contributed by atoms with van der Waals surface area (Å²) in [4.78, 5) is 3.74. The van der Waals surface area contributed by atoms with Crippen molar-refractivity contribution in [3.63, 3.8) is 0 Å². The summed E-state index contributed by atoms with van der Waals surface area (Å²) in [5.74, 6) is 1.20. The van der Waals surface area contributed by atoms with Gasteiger partial charge < -0.3 is 9.64 Å². The summed E-state index contributed by atoms with van der Waals surface area (Å²) in [6.07, 6.45) is 6.27. The van der Waals surface area contributed by atoms with Gasteiger partial charge in [0.25, 0.3) is 6.71 Å². The third-order valence-electron chi connectivity index (χ3n) is 11.5. The number of benzene rings is 5. The zero-order valence-corrected chi connectivity index (χ0v) is 31.5. The van der Waals surface area contributed by atoms with Gasteiger partial charge in [-0.25, -0.2) is 0 Å². The molecule has 1 fully saturated rings. The second kappa shape index (κ2) is 11.9. The number of ether oxygens (including phenoxy) is 1. The fraction of sp³-hybridized carbons (Fsp3) is 0.319. The Bertz CT molecular complexity index is 2440. The minimum Gasteiger partial charge on any atom is -0.448 e. The SMILES string of the molecule is [2H]C([2H])([2H])c1cc2c3c(c1)N(c1ccc(C(C)(C)C)cc1-c1ccc4ccccc4c1)c1ccc(C(C)(C)C)cc1B3c1cc(C3CCCCC3)sc1O2. The van der Waals surface area contributed by atoms with Gasteiger partial charge in [0.05, 0.1) is 5.69 Å². The van der Waals surface area contributed by atoms with Crippen LogP contribution in [-0.2, 0) is 10.8 Å². The Morgan fingerprint density at radius 3 is 2.18 bits per heavy atom. The van der Waals surface area contributed by atoms with Crippen LogP contribution in [-0.4, -0.2) is 6.71 Å². The lowest BCUT2D eigenvalue weighted by Crippen LogP contribution is -2.59. The maximum absolute atomic E-state index is 8.64. The standard InChI is InChI=1S/C47H48BNOS/c1-29-23-41-44-42(24-29)50-45-38(28-43(51-45)31-14-9-8-10-15-31)48(44)37-27-35(47(5,6)7)20-22-40(37)49(41)39-21-19-34(46(2,3)4)26-36(39)33-18-17-30-13-11-12-16-32(30)25-33/h11-13,16-28,31H,8-10,14-15H2,1-7H3/i1D3. The van der Waals surface area contributed by atoms with E-state index in [2.05, 4.69) is 131 Å². The van der Waals surface area contributed by atoms with E-state index < -0.39 is 6.85 Å². The average molecular weight is 689 g/mol. The second-order valence-corrected chi connectivity index (χ2v) is 18.1. The smallest absolute Gasteiger partial charge is 0.257 e. The van der Waals surface area contributed by atoms with Crippen LogP contribution in [0.4, 0.5) is 17.1 Å². The fourth-order valence-corrected chi connectivity index (χ4v) is 9.89.